The Morgan fingerprint density at radius 1 is 1.06 bits per heavy atom. The molecule has 1 heterocycles. The number of aryl methyl sites for hydroxylation is 2. The normalized spacial score (nSPS) is 13.8. The highest BCUT2D eigenvalue weighted by Gasteiger charge is 2.11. The Morgan fingerprint density at radius 3 is 2.81 bits per heavy atom. The Bertz CT molecular complexity index is 537. The van der Waals surface area contributed by atoms with Crippen LogP contribution in [0.4, 0.5) is 0 Å². The zero-order chi connectivity index (χ0) is 11.0. The summed E-state index contributed by atoms with van der Waals surface area (Å²) in [5.41, 5.74) is 5.14. The second kappa shape index (κ2) is 3.98. The molecule has 0 bridgehead atoms. The van der Waals surface area contributed by atoms with Gasteiger partial charge < -0.3 is 0 Å². The molecule has 3 rings (SSSR count). The summed E-state index contributed by atoms with van der Waals surface area (Å²) in [6, 6.07) is 8.59. The van der Waals surface area contributed by atoms with Crippen LogP contribution in [0.25, 0.3) is 11.3 Å². The molecule has 0 aliphatic heterocycles. The van der Waals surface area contributed by atoms with Gasteiger partial charge >= 0.3 is 0 Å². The highest BCUT2D eigenvalue weighted by molar-refractivity contribution is 9.10. The van der Waals surface area contributed by atoms with Crippen LogP contribution in [0.5, 0.6) is 0 Å². The Balaban J connectivity index is 2.07. The number of hydrogen-bond donors (Lipinski definition) is 0. The number of fused-ring (bicyclic) bond motifs is 1. The lowest BCUT2D eigenvalue weighted by atomic mass is 10.0. The first-order valence-corrected chi connectivity index (χ1v) is 6.23. The van der Waals surface area contributed by atoms with Gasteiger partial charge in [-0.1, -0.05) is 12.1 Å². The third-order valence-electron chi connectivity index (χ3n) is 3.02. The van der Waals surface area contributed by atoms with Crippen molar-refractivity contribution < 1.29 is 0 Å². The molecule has 0 unspecified atom stereocenters. The van der Waals surface area contributed by atoms with Crippen molar-refractivity contribution in [2.24, 2.45) is 0 Å². The first-order valence-electron chi connectivity index (χ1n) is 5.44. The predicted molar refractivity (Wildman–Crippen MR) is 67.2 cm³/mol. The van der Waals surface area contributed by atoms with Crippen molar-refractivity contribution in [2.45, 2.75) is 19.3 Å². The van der Waals surface area contributed by atoms with Crippen molar-refractivity contribution in [1.29, 1.82) is 0 Å². The molecule has 3 heteroatoms. The molecule has 80 valence electrons. The highest BCUT2D eigenvalue weighted by Crippen LogP contribution is 2.27. The van der Waals surface area contributed by atoms with Crippen LogP contribution in [-0.4, -0.2) is 9.97 Å². The summed E-state index contributed by atoms with van der Waals surface area (Å²) < 4.78 is 0.644. The summed E-state index contributed by atoms with van der Waals surface area (Å²) in [6.07, 6.45) is 5.49. The summed E-state index contributed by atoms with van der Waals surface area (Å²) in [7, 11) is 0. The maximum absolute atomic E-state index is 4.37. The molecular weight excluding hydrogens is 264 g/mol. The summed E-state index contributed by atoms with van der Waals surface area (Å²) in [5.74, 6) is 0. The van der Waals surface area contributed by atoms with Crippen molar-refractivity contribution in [3.63, 3.8) is 0 Å². The number of benzene rings is 1. The van der Waals surface area contributed by atoms with Gasteiger partial charge in [0.15, 0.2) is 4.73 Å². The van der Waals surface area contributed by atoms with Gasteiger partial charge in [-0.3, -0.25) is 0 Å². The van der Waals surface area contributed by atoms with Gasteiger partial charge in [0.25, 0.3) is 0 Å². The number of halogens is 1. The monoisotopic (exact) mass is 274 g/mol. The molecular formula is C13H11BrN2. The molecule has 1 aromatic heterocycles. The lowest BCUT2D eigenvalue weighted by Crippen LogP contribution is -1.89. The minimum Gasteiger partial charge on any atom is -0.231 e. The van der Waals surface area contributed by atoms with Gasteiger partial charge in [0.05, 0.1) is 5.69 Å². The molecule has 1 aliphatic carbocycles. The lowest BCUT2D eigenvalue weighted by Gasteiger charge is -2.04. The van der Waals surface area contributed by atoms with Gasteiger partial charge in [0.2, 0.25) is 0 Å². The predicted octanol–water partition coefficient (Wildman–Crippen LogP) is 3.39. The maximum Gasteiger partial charge on any atom is 0.197 e. The van der Waals surface area contributed by atoms with Gasteiger partial charge in [-0.25, -0.2) is 9.97 Å². The van der Waals surface area contributed by atoms with Crippen molar-refractivity contribution in [2.75, 3.05) is 0 Å². The van der Waals surface area contributed by atoms with E-state index in [2.05, 4.69) is 44.1 Å². The van der Waals surface area contributed by atoms with E-state index < -0.39 is 0 Å². The first kappa shape index (κ1) is 9.97. The van der Waals surface area contributed by atoms with Crippen LogP contribution < -0.4 is 0 Å². The van der Waals surface area contributed by atoms with E-state index in [9.17, 15) is 0 Å². The second-order valence-electron chi connectivity index (χ2n) is 4.05. The topological polar surface area (TPSA) is 25.8 Å². The van der Waals surface area contributed by atoms with Crippen molar-refractivity contribution in [3.05, 3.63) is 46.3 Å². The smallest absolute Gasteiger partial charge is 0.197 e. The van der Waals surface area contributed by atoms with E-state index in [0.717, 1.165) is 5.69 Å². The molecule has 0 saturated carbocycles. The third kappa shape index (κ3) is 1.76. The van der Waals surface area contributed by atoms with E-state index >= 15 is 0 Å². The van der Waals surface area contributed by atoms with Crippen molar-refractivity contribution in [3.8, 4) is 11.3 Å². The third-order valence-corrected chi connectivity index (χ3v) is 3.40. The zero-order valence-corrected chi connectivity index (χ0v) is 10.4. The van der Waals surface area contributed by atoms with Crippen LogP contribution in [0.2, 0.25) is 0 Å². The summed E-state index contributed by atoms with van der Waals surface area (Å²) in [4.78, 5) is 8.42. The van der Waals surface area contributed by atoms with E-state index in [1.54, 1.807) is 6.20 Å². The fraction of sp³-hybridized carbons (Fsp3) is 0.231. The van der Waals surface area contributed by atoms with E-state index in [-0.39, 0.29) is 0 Å². The summed E-state index contributed by atoms with van der Waals surface area (Å²) in [5, 5.41) is 0. The van der Waals surface area contributed by atoms with E-state index in [1.807, 2.05) is 6.07 Å². The largest absolute Gasteiger partial charge is 0.231 e. The minimum absolute atomic E-state index is 0.644. The maximum atomic E-state index is 4.37. The Hall–Kier alpha value is -1.22. The summed E-state index contributed by atoms with van der Waals surface area (Å²) in [6.45, 7) is 0. The standard InChI is InChI=1S/C13H11BrN2/c14-13-15-7-6-12(16-13)11-5-4-9-2-1-3-10(9)8-11/h4-8H,1-3H2. The number of nitrogens with zero attached hydrogens (tertiary/aromatic N) is 2. The fourth-order valence-electron chi connectivity index (χ4n) is 2.23. The van der Waals surface area contributed by atoms with Gasteiger partial charge in [0.1, 0.15) is 0 Å². The van der Waals surface area contributed by atoms with E-state index in [1.165, 1.54) is 36.0 Å². The molecule has 0 N–H and O–H groups in total. The van der Waals surface area contributed by atoms with E-state index in [4.69, 9.17) is 0 Å². The van der Waals surface area contributed by atoms with Crippen molar-refractivity contribution >= 4 is 15.9 Å². The van der Waals surface area contributed by atoms with Crippen LogP contribution >= 0.6 is 15.9 Å². The zero-order valence-electron chi connectivity index (χ0n) is 8.78. The number of rotatable bonds is 1. The molecule has 1 aliphatic rings. The quantitative estimate of drug-likeness (QED) is 0.745. The molecule has 0 fully saturated rings. The first-order chi connectivity index (χ1) is 7.83. The average Bonchev–Trinajstić information content (AvgIpc) is 2.75. The van der Waals surface area contributed by atoms with Gasteiger partial charge in [-0.05, 0) is 58.5 Å². The van der Waals surface area contributed by atoms with Crippen LogP contribution in [0.3, 0.4) is 0 Å². The fourth-order valence-corrected chi connectivity index (χ4v) is 2.54. The molecule has 16 heavy (non-hydrogen) atoms. The molecule has 0 atom stereocenters. The van der Waals surface area contributed by atoms with E-state index in [0.29, 0.717) is 4.73 Å². The van der Waals surface area contributed by atoms with Crippen LogP contribution in [-0.2, 0) is 12.8 Å². The van der Waals surface area contributed by atoms with Crippen molar-refractivity contribution in [1.82, 2.24) is 9.97 Å². The molecule has 2 nitrogen and oxygen atoms in total. The molecule has 2 aromatic rings. The molecule has 1 aromatic carbocycles. The van der Waals surface area contributed by atoms with Gasteiger partial charge in [0, 0.05) is 11.8 Å². The lowest BCUT2D eigenvalue weighted by molar-refractivity contribution is 0.912. The number of aromatic nitrogens is 2. The highest BCUT2D eigenvalue weighted by atomic mass is 79.9. The SMILES string of the molecule is Brc1nccc(-c2ccc3c(c2)CCC3)n1. The Morgan fingerprint density at radius 2 is 1.94 bits per heavy atom. The van der Waals surface area contributed by atoms with Gasteiger partial charge in [-0.15, -0.1) is 0 Å². The number of hydrogen-bond acceptors (Lipinski definition) is 2. The minimum atomic E-state index is 0.644. The Kier molecular flexibility index (Phi) is 2.48. The molecule has 0 spiro atoms. The second-order valence-corrected chi connectivity index (χ2v) is 4.76. The van der Waals surface area contributed by atoms with Gasteiger partial charge in [-0.2, -0.15) is 0 Å². The average molecular weight is 275 g/mol. The van der Waals surface area contributed by atoms with Crippen LogP contribution in [0.15, 0.2) is 35.2 Å². The van der Waals surface area contributed by atoms with Crippen LogP contribution in [0.1, 0.15) is 17.5 Å². The Labute approximate surface area is 103 Å². The van der Waals surface area contributed by atoms with Crippen LogP contribution in [0, 0.1) is 0 Å². The molecule has 0 radical (unpaired) electrons. The molecule has 0 amide bonds. The summed E-state index contributed by atoms with van der Waals surface area (Å²) >= 11 is 3.30. The molecule has 0 saturated heterocycles.